The number of aromatic nitrogens is 3. The normalized spacial score (nSPS) is 21.0. The Morgan fingerprint density at radius 2 is 1.81 bits per heavy atom. The number of fused-ring (bicyclic) bond motifs is 3. The molecular formula is C29H23F4N5O4. The highest BCUT2D eigenvalue weighted by Crippen LogP contribution is 2.47. The van der Waals surface area contributed by atoms with E-state index in [4.69, 9.17) is 4.74 Å². The number of amides is 1. The molecule has 5 heterocycles. The summed E-state index contributed by atoms with van der Waals surface area (Å²) in [7, 11) is 0. The lowest BCUT2D eigenvalue weighted by Gasteiger charge is -2.49. The van der Waals surface area contributed by atoms with Crippen molar-refractivity contribution in [3.8, 4) is 22.6 Å². The first-order valence-electron chi connectivity index (χ1n) is 13.3. The molecule has 8 rings (SSSR count). The van der Waals surface area contributed by atoms with E-state index in [1.165, 1.54) is 41.4 Å². The Balaban J connectivity index is 1.22. The Hall–Kier alpha value is -4.36. The van der Waals surface area contributed by atoms with Gasteiger partial charge in [-0.1, -0.05) is 6.07 Å². The molecule has 9 nitrogen and oxygen atoms in total. The highest BCUT2D eigenvalue weighted by atomic mass is 19.4. The molecule has 1 saturated carbocycles. The quantitative estimate of drug-likeness (QED) is 0.337. The van der Waals surface area contributed by atoms with Crippen LogP contribution in [-0.4, -0.2) is 62.5 Å². The number of piperidine rings is 1. The zero-order valence-corrected chi connectivity index (χ0v) is 21.9. The molecule has 2 aromatic heterocycles. The smallest absolute Gasteiger partial charge is 0.404 e. The SMILES string of the molecule is O=C(Nc1cc(-n2cnc3cc(-c4cncc(F)c4)ccc3c2=O)ccc1OC(F)(F)F)C1(N2CC3CC(C2)O3)CC1. The van der Waals surface area contributed by atoms with Crippen LogP contribution in [0.3, 0.4) is 0 Å². The van der Waals surface area contributed by atoms with E-state index in [1.54, 1.807) is 12.1 Å². The molecule has 13 heteroatoms. The zero-order chi connectivity index (χ0) is 29.2. The fourth-order valence-electron chi connectivity index (χ4n) is 5.78. The number of halogens is 4. The standard InChI is InChI=1S/C29H23F4N5O4/c30-18-7-17(11-34-12-18)16-1-3-22-23(8-16)35-15-38(26(22)39)19-2-4-25(42-29(31,32)33)24(9-19)36-27(40)28(5-6-28)37-13-20-10-21(14-37)41-20/h1-4,7-9,11-12,15,20-21H,5-6,10,13-14H2,(H,36,40). The van der Waals surface area contributed by atoms with Crippen LogP contribution >= 0.6 is 0 Å². The minimum atomic E-state index is -5.00. The molecule has 2 unspecified atom stereocenters. The van der Waals surface area contributed by atoms with Gasteiger partial charge in [0.2, 0.25) is 5.91 Å². The van der Waals surface area contributed by atoms with Gasteiger partial charge in [-0.25, -0.2) is 9.37 Å². The van der Waals surface area contributed by atoms with Gasteiger partial charge >= 0.3 is 6.36 Å². The van der Waals surface area contributed by atoms with Crippen LogP contribution in [0.1, 0.15) is 19.3 Å². The average Bonchev–Trinajstić information content (AvgIpc) is 3.76. The molecule has 1 aliphatic carbocycles. The number of hydrogen-bond donors (Lipinski definition) is 1. The summed E-state index contributed by atoms with van der Waals surface area (Å²) in [5.41, 5.74) is 0.0910. The molecule has 4 aromatic rings. The first-order chi connectivity index (χ1) is 20.1. The lowest BCUT2D eigenvalue weighted by Crippen LogP contribution is -2.62. The summed E-state index contributed by atoms with van der Waals surface area (Å²) >= 11 is 0. The van der Waals surface area contributed by atoms with Crippen LogP contribution in [0.5, 0.6) is 5.75 Å². The second kappa shape index (κ2) is 9.60. The number of carbonyl (C=O) groups excluding carboxylic acids is 1. The number of carbonyl (C=O) groups is 1. The number of hydrogen-bond acceptors (Lipinski definition) is 7. The first kappa shape index (κ1) is 26.5. The van der Waals surface area contributed by atoms with Gasteiger partial charge < -0.3 is 14.8 Å². The molecule has 2 bridgehead atoms. The molecule has 4 fully saturated rings. The van der Waals surface area contributed by atoms with Crippen molar-refractivity contribution in [2.75, 3.05) is 18.4 Å². The molecule has 4 aliphatic rings. The first-order valence-corrected chi connectivity index (χ1v) is 13.3. The monoisotopic (exact) mass is 581 g/mol. The van der Waals surface area contributed by atoms with E-state index < -0.39 is 34.9 Å². The van der Waals surface area contributed by atoms with Crippen molar-refractivity contribution in [2.24, 2.45) is 0 Å². The van der Waals surface area contributed by atoms with Gasteiger partial charge in [-0.05, 0) is 54.8 Å². The predicted octanol–water partition coefficient (Wildman–Crippen LogP) is 4.43. The van der Waals surface area contributed by atoms with Crippen LogP contribution in [0.4, 0.5) is 23.2 Å². The van der Waals surface area contributed by atoms with E-state index in [9.17, 15) is 27.2 Å². The minimum Gasteiger partial charge on any atom is -0.404 e. The van der Waals surface area contributed by atoms with Crippen molar-refractivity contribution in [3.63, 3.8) is 0 Å². The molecule has 0 radical (unpaired) electrons. The van der Waals surface area contributed by atoms with Gasteiger partial charge in [-0.2, -0.15) is 0 Å². The largest absolute Gasteiger partial charge is 0.573 e. The third kappa shape index (κ3) is 4.77. The number of nitrogens with zero attached hydrogens (tertiary/aromatic N) is 4. The molecule has 3 aliphatic heterocycles. The number of rotatable bonds is 6. The molecule has 0 spiro atoms. The number of pyridine rings is 1. The van der Waals surface area contributed by atoms with Gasteiger partial charge in [0.25, 0.3) is 5.56 Å². The van der Waals surface area contributed by atoms with Crippen LogP contribution in [0, 0.1) is 5.82 Å². The van der Waals surface area contributed by atoms with Crippen LogP contribution in [0.15, 0.2) is 66.0 Å². The third-order valence-corrected chi connectivity index (χ3v) is 8.02. The highest BCUT2D eigenvalue weighted by Gasteiger charge is 2.58. The van der Waals surface area contributed by atoms with Crippen LogP contribution in [0.2, 0.25) is 0 Å². The topological polar surface area (TPSA) is 98.6 Å². The zero-order valence-electron chi connectivity index (χ0n) is 21.9. The maximum atomic E-state index is 13.6. The fourth-order valence-corrected chi connectivity index (χ4v) is 5.78. The number of benzene rings is 2. The summed E-state index contributed by atoms with van der Waals surface area (Å²) in [4.78, 5) is 37.1. The Morgan fingerprint density at radius 1 is 1.05 bits per heavy atom. The summed E-state index contributed by atoms with van der Waals surface area (Å²) in [6, 6.07) is 9.68. The van der Waals surface area contributed by atoms with Gasteiger partial charge in [-0.15, -0.1) is 13.2 Å². The maximum Gasteiger partial charge on any atom is 0.573 e. The Bertz CT molecular complexity index is 1770. The summed E-state index contributed by atoms with van der Waals surface area (Å²) in [5, 5.41) is 2.87. The summed E-state index contributed by atoms with van der Waals surface area (Å²) in [5.74, 6) is -1.54. The molecule has 3 saturated heterocycles. The van der Waals surface area contributed by atoms with Gasteiger partial charge in [0, 0.05) is 31.3 Å². The van der Waals surface area contributed by atoms with E-state index in [2.05, 4.69) is 20.0 Å². The molecule has 1 N–H and O–H groups in total. The van der Waals surface area contributed by atoms with Crippen molar-refractivity contribution in [2.45, 2.75) is 43.4 Å². The summed E-state index contributed by atoms with van der Waals surface area (Å²) in [6.07, 6.45) is 1.04. The second-order valence-corrected chi connectivity index (χ2v) is 10.8. The van der Waals surface area contributed by atoms with E-state index in [0.29, 0.717) is 42.6 Å². The number of alkyl halides is 3. The Labute approximate surface area is 235 Å². The summed E-state index contributed by atoms with van der Waals surface area (Å²) in [6.45, 7) is 1.18. The molecule has 2 atom stereocenters. The third-order valence-electron chi connectivity index (χ3n) is 8.02. The highest BCUT2D eigenvalue weighted by molar-refractivity contribution is 6.01. The average molecular weight is 582 g/mol. The van der Waals surface area contributed by atoms with E-state index in [1.807, 2.05) is 4.90 Å². The Morgan fingerprint density at radius 3 is 2.50 bits per heavy atom. The molecule has 216 valence electrons. The Kier molecular flexibility index (Phi) is 6.06. The number of anilines is 1. The van der Waals surface area contributed by atoms with Crippen LogP contribution < -0.4 is 15.6 Å². The number of ether oxygens (including phenoxy) is 2. The van der Waals surface area contributed by atoms with E-state index >= 15 is 0 Å². The van der Waals surface area contributed by atoms with Crippen molar-refractivity contribution < 1.29 is 31.8 Å². The second-order valence-electron chi connectivity index (χ2n) is 10.8. The van der Waals surface area contributed by atoms with Crippen molar-refractivity contribution in [3.05, 3.63) is 77.4 Å². The fraction of sp³-hybridized carbons (Fsp3) is 0.310. The number of nitrogens with one attached hydrogen (secondary N) is 1. The lowest BCUT2D eigenvalue weighted by molar-refractivity contribution is -0.274. The molecule has 1 amide bonds. The van der Waals surface area contributed by atoms with Crippen molar-refractivity contribution in [1.29, 1.82) is 0 Å². The molecular weight excluding hydrogens is 558 g/mol. The van der Waals surface area contributed by atoms with Gasteiger partial charge in [0.05, 0.1) is 40.7 Å². The van der Waals surface area contributed by atoms with Crippen LogP contribution in [-0.2, 0) is 9.53 Å². The minimum absolute atomic E-state index is 0.0651. The van der Waals surface area contributed by atoms with Gasteiger partial charge in [0.1, 0.15) is 17.7 Å². The van der Waals surface area contributed by atoms with Gasteiger partial charge in [0.15, 0.2) is 5.75 Å². The van der Waals surface area contributed by atoms with E-state index in [0.717, 1.165) is 18.7 Å². The van der Waals surface area contributed by atoms with Crippen molar-refractivity contribution >= 4 is 22.5 Å². The van der Waals surface area contributed by atoms with Crippen LogP contribution in [0.25, 0.3) is 27.7 Å². The summed E-state index contributed by atoms with van der Waals surface area (Å²) < 4.78 is 64.4. The van der Waals surface area contributed by atoms with E-state index in [-0.39, 0.29) is 29.0 Å². The molecule has 2 aromatic carbocycles. The van der Waals surface area contributed by atoms with Gasteiger partial charge in [-0.3, -0.25) is 24.0 Å². The lowest BCUT2D eigenvalue weighted by atomic mass is 9.96. The maximum absolute atomic E-state index is 13.6. The van der Waals surface area contributed by atoms with Crippen molar-refractivity contribution in [1.82, 2.24) is 19.4 Å². The molecule has 42 heavy (non-hydrogen) atoms. The number of morpholine rings is 1. The predicted molar refractivity (Wildman–Crippen MR) is 143 cm³/mol.